The third-order valence-corrected chi connectivity index (χ3v) is 6.18. The number of piperidine rings is 1. The molecule has 1 fully saturated rings. The van der Waals surface area contributed by atoms with Crippen LogP contribution < -0.4 is 10.1 Å². The number of hydrogen-bond donors (Lipinski definition) is 2. The van der Waals surface area contributed by atoms with Gasteiger partial charge in [-0.05, 0) is 51.1 Å². The lowest BCUT2D eigenvalue weighted by Crippen LogP contribution is -2.30. The molecule has 0 aromatic carbocycles. The number of ether oxygens (including phenoxy) is 1. The highest BCUT2D eigenvalue weighted by molar-refractivity contribution is 6.34. The summed E-state index contributed by atoms with van der Waals surface area (Å²) in [4.78, 5) is 4.04. The molecule has 33 heavy (non-hydrogen) atoms. The van der Waals surface area contributed by atoms with Crippen molar-refractivity contribution in [1.82, 2.24) is 34.9 Å². The van der Waals surface area contributed by atoms with E-state index < -0.39 is 11.9 Å². The van der Waals surface area contributed by atoms with Gasteiger partial charge in [0.1, 0.15) is 22.8 Å². The van der Waals surface area contributed by atoms with Crippen molar-refractivity contribution in [3.8, 4) is 17.0 Å². The van der Waals surface area contributed by atoms with E-state index >= 15 is 0 Å². The fourth-order valence-electron chi connectivity index (χ4n) is 4.20. The highest BCUT2D eigenvalue weighted by Crippen LogP contribution is 2.35. The van der Waals surface area contributed by atoms with Gasteiger partial charge in [-0.2, -0.15) is 5.10 Å². The van der Waals surface area contributed by atoms with Gasteiger partial charge < -0.3 is 15.2 Å². The maximum atomic E-state index is 13.3. The Morgan fingerprint density at radius 3 is 2.85 bits per heavy atom. The molecule has 1 aliphatic heterocycles. The van der Waals surface area contributed by atoms with Crippen molar-refractivity contribution in [2.45, 2.75) is 31.9 Å². The summed E-state index contributed by atoms with van der Waals surface area (Å²) in [5, 5.41) is 26.9. The molecule has 1 unspecified atom stereocenters. The van der Waals surface area contributed by atoms with Gasteiger partial charge in [0.05, 0.1) is 41.5 Å². The molecule has 1 aliphatic rings. The van der Waals surface area contributed by atoms with E-state index in [1.165, 1.54) is 18.3 Å². The minimum absolute atomic E-state index is 0.300. The predicted octanol–water partition coefficient (Wildman–Crippen LogP) is 3.13. The normalized spacial score (nSPS) is 15.8. The molecule has 0 bridgehead atoms. The van der Waals surface area contributed by atoms with Crippen molar-refractivity contribution in [1.29, 1.82) is 0 Å². The number of nitrogens with zero attached hydrogens (tertiary/aromatic N) is 6. The van der Waals surface area contributed by atoms with Crippen LogP contribution >= 0.6 is 11.6 Å². The number of aliphatic hydroxyl groups excluding tert-OH is 1. The molecule has 0 radical (unpaired) electrons. The molecular formula is C22H23ClFN7O2. The first-order valence-corrected chi connectivity index (χ1v) is 11.1. The molecule has 5 rings (SSSR count). The zero-order valence-electron chi connectivity index (χ0n) is 17.9. The SMILES string of the molecule is Cc1c(-c2cc(OC(CO)c3ccc(F)cn3)c3c(Cl)cnn3c2)nnn1C1CCNCC1. The molecule has 4 aromatic rings. The van der Waals surface area contributed by atoms with E-state index in [9.17, 15) is 9.50 Å². The van der Waals surface area contributed by atoms with Crippen molar-refractivity contribution >= 4 is 17.1 Å². The Bertz CT molecular complexity index is 1270. The van der Waals surface area contributed by atoms with Gasteiger partial charge in [-0.1, -0.05) is 16.8 Å². The smallest absolute Gasteiger partial charge is 0.163 e. The number of pyridine rings is 2. The third-order valence-electron chi connectivity index (χ3n) is 5.90. The summed E-state index contributed by atoms with van der Waals surface area (Å²) >= 11 is 6.38. The summed E-state index contributed by atoms with van der Waals surface area (Å²) in [5.74, 6) is -0.0676. The monoisotopic (exact) mass is 471 g/mol. The number of hydrogen-bond acceptors (Lipinski definition) is 7. The molecule has 1 atom stereocenters. The second kappa shape index (κ2) is 9.05. The lowest BCUT2D eigenvalue weighted by molar-refractivity contribution is 0.114. The van der Waals surface area contributed by atoms with Crippen molar-refractivity contribution in [2.24, 2.45) is 0 Å². The summed E-state index contributed by atoms with van der Waals surface area (Å²) in [6.45, 7) is 3.55. The average Bonchev–Trinajstić information content (AvgIpc) is 3.41. The molecule has 2 N–H and O–H groups in total. The summed E-state index contributed by atoms with van der Waals surface area (Å²) in [7, 11) is 0. The number of rotatable bonds is 6. The highest BCUT2D eigenvalue weighted by Gasteiger charge is 2.23. The van der Waals surface area contributed by atoms with E-state index in [0.29, 0.717) is 33.7 Å². The van der Waals surface area contributed by atoms with Crippen molar-refractivity contribution < 1.29 is 14.2 Å². The topological polar surface area (TPSA) is 102 Å². The fraction of sp³-hybridized carbons (Fsp3) is 0.364. The third kappa shape index (κ3) is 4.17. The van der Waals surface area contributed by atoms with Crippen LogP contribution in [0.5, 0.6) is 5.75 Å². The summed E-state index contributed by atoms with van der Waals surface area (Å²) in [5.41, 5.74) is 3.35. The van der Waals surface area contributed by atoms with Gasteiger partial charge in [-0.15, -0.1) is 5.10 Å². The number of aliphatic hydroxyl groups is 1. The van der Waals surface area contributed by atoms with E-state index in [4.69, 9.17) is 16.3 Å². The predicted molar refractivity (Wildman–Crippen MR) is 120 cm³/mol. The van der Waals surface area contributed by atoms with E-state index in [0.717, 1.165) is 43.4 Å². The number of fused-ring (bicyclic) bond motifs is 1. The molecular weight excluding hydrogens is 449 g/mol. The maximum absolute atomic E-state index is 13.3. The van der Waals surface area contributed by atoms with Crippen LogP contribution in [-0.2, 0) is 0 Å². The summed E-state index contributed by atoms with van der Waals surface area (Å²) in [6, 6.07) is 4.85. The Hall–Kier alpha value is -3.08. The molecule has 0 saturated carbocycles. The summed E-state index contributed by atoms with van der Waals surface area (Å²) < 4.78 is 23.0. The zero-order valence-corrected chi connectivity index (χ0v) is 18.7. The second-order valence-electron chi connectivity index (χ2n) is 8.02. The van der Waals surface area contributed by atoms with Crippen LogP contribution in [0.2, 0.25) is 5.02 Å². The Kier molecular flexibility index (Phi) is 5.96. The molecule has 5 heterocycles. The molecule has 172 valence electrons. The fourth-order valence-corrected chi connectivity index (χ4v) is 4.42. The number of halogens is 2. The minimum Gasteiger partial charge on any atom is -0.479 e. The van der Waals surface area contributed by atoms with E-state index in [1.807, 2.05) is 17.8 Å². The molecule has 0 aliphatic carbocycles. The van der Waals surface area contributed by atoms with E-state index in [-0.39, 0.29) is 6.61 Å². The maximum Gasteiger partial charge on any atom is 0.163 e. The van der Waals surface area contributed by atoms with Gasteiger partial charge in [0.15, 0.2) is 6.10 Å². The van der Waals surface area contributed by atoms with Crippen molar-refractivity contribution in [3.05, 3.63) is 59.0 Å². The van der Waals surface area contributed by atoms with Gasteiger partial charge in [0.25, 0.3) is 0 Å². The van der Waals surface area contributed by atoms with Crippen LogP contribution in [-0.4, -0.2) is 54.4 Å². The first-order chi connectivity index (χ1) is 16.0. The Labute approximate surface area is 194 Å². The Morgan fingerprint density at radius 2 is 2.12 bits per heavy atom. The highest BCUT2D eigenvalue weighted by atomic mass is 35.5. The molecule has 0 amide bonds. The lowest BCUT2D eigenvalue weighted by atomic mass is 10.1. The molecule has 9 nitrogen and oxygen atoms in total. The largest absolute Gasteiger partial charge is 0.479 e. The Morgan fingerprint density at radius 1 is 1.30 bits per heavy atom. The summed E-state index contributed by atoms with van der Waals surface area (Å²) in [6.07, 6.45) is 5.60. The quantitative estimate of drug-likeness (QED) is 0.445. The standard InChI is InChI=1S/C22H23ClFN7O2/c1-13-21(28-29-31(13)16-4-6-25-7-5-16)14-8-19(22-17(23)10-27-30(22)11-14)33-20(12-32)18-3-2-15(24)9-26-18/h2-3,8-11,16,20,25,32H,4-7,12H2,1H3. The van der Waals surface area contributed by atoms with Gasteiger partial charge in [0.2, 0.25) is 0 Å². The van der Waals surface area contributed by atoms with Gasteiger partial charge in [-0.25, -0.2) is 13.6 Å². The van der Waals surface area contributed by atoms with E-state index in [1.54, 1.807) is 10.6 Å². The van der Waals surface area contributed by atoms with Crippen LogP contribution in [0.4, 0.5) is 4.39 Å². The lowest BCUT2D eigenvalue weighted by Gasteiger charge is -2.23. The van der Waals surface area contributed by atoms with Crippen LogP contribution in [0.3, 0.4) is 0 Å². The van der Waals surface area contributed by atoms with Crippen molar-refractivity contribution in [2.75, 3.05) is 19.7 Å². The first-order valence-electron chi connectivity index (χ1n) is 10.7. The van der Waals surface area contributed by atoms with E-state index in [2.05, 4.69) is 25.7 Å². The van der Waals surface area contributed by atoms with Gasteiger partial charge in [0, 0.05) is 11.8 Å². The van der Waals surface area contributed by atoms with Crippen LogP contribution in [0.15, 0.2) is 36.8 Å². The zero-order chi connectivity index (χ0) is 22.9. The average molecular weight is 472 g/mol. The van der Waals surface area contributed by atoms with Crippen LogP contribution in [0.1, 0.15) is 36.4 Å². The van der Waals surface area contributed by atoms with Crippen molar-refractivity contribution in [3.63, 3.8) is 0 Å². The number of nitrogens with one attached hydrogen (secondary N) is 1. The molecule has 4 aromatic heterocycles. The molecule has 1 saturated heterocycles. The van der Waals surface area contributed by atoms with Gasteiger partial charge in [-0.3, -0.25) is 4.98 Å². The Balaban J connectivity index is 1.54. The first kappa shape index (κ1) is 21.7. The molecule has 11 heteroatoms. The van der Waals surface area contributed by atoms with Crippen LogP contribution in [0, 0.1) is 12.7 Å². The van der Waals surface area contributed by atoms with Crippen LogP contribution in [0.25, 0.3) is 16.8 Å². The second-order valence-corrected chi connectivity index (χ2v) is 8.43. The van der Waals surface area contributed by atoms with Gasteiger partial charge >= 0.3 is 0 Å². The minimum atomic E-state index is -0.817. The molecule has 0 spiro atoms. The number of aromatic nitrogens is 6.